The van der Waals surface area contributed by atoms with Gasteiger partial charge in [0.15, 0.2) is 0 Å². The lowest BCUT2D eigenvalue weighted by molar-refractivity contribution is 0.0185. The van der Waals surface area contributed by atoms with Crippen LogP contribution in [0.25, 0.3) is 0 Å². The van der Waals surface area contributed by atoms with Crippen molar-refractivity contribution in [2.45, 2.75) is 32.7 Å². The highest BCUT2D eigenvalue weighted by molar-refractivity contribution is 4.68. The summed E-state index contributed by atoms with van der Waals surface area (Å²) >= 11 is 0. The van der Waals surface area contributed by atoms with Crippen LogP contribution < -0.4 is 0 Å². The molecule has 1 fully saturated rings. The lowest BCUT2D eigenvalue weighted by Gasteiger charge is -2.32. The number of nitrogens with zero attached hydrogens (tertiary/aromatic N) is 1. The summed E-state index contributed by atoms with van der Waals surface area (Å²) in [5, 5.41) is 0. The minimum absolute atomic E-state index is 0.754. The second-order valence-corrected chi connectivity index (χ2v) is 3.29. The summed E-state index contributed by atoms with van der Waals surface area (Å²) in [5.74, 6) is 0. The molecule has 0 unspecified atom stereocenters. The molecule has 0 radical (unpaired) electrons. The van der Waals surface area contributed by atoms with Crippen LogP contribution in [-0.2, 0) is 4.74 Å². The van der Waals surface area contributed by atoms with Crippen LogP contribution in [-0.4, -0.2) is 37.2 Å². The lowest BCUT2D eigenvalue weighted by atomic mass is 10.1. The van der Waals surface area contributed by atoms with Crippen LogP contribution in [0.15, 0.2) is 0 Å². The van der Waals surface area contributed by atoms with Crippen LogP contribution in [0.2, 0.25) is 0 Å². The predicted molar refractivity (Wildman–Crippen MR) is 46.8 cm³/mol. The van der Waals surface area contributed by atoms with Crippen molar-refractivity contribution in [1.29, 1.82) is 0 Å². The molecule has 1 atom stereocenters. The maximum Gasteiger partial charge on any atom is 0.0594 e. The van der Waals surface area contributed by atoms with E-state index in [2.05, 4.69) is 18.7 Å². The van der Waals surface area contributed by atoms with Crippen molar-refractivity contribution in [3.05, 3.63) is 0 Å². The first kappa shape index (κ1) is 9.01. The average Bonchev–Trinajstić information content (AvgIpc) is 2.07. The van der Waals surface area contributed by atoms with E-state index in [9.17, 15) is 0 Å². The second-order valence-electron chi connectivity index (χ2n) is 3.29. The summed E-state index contributed by atoms with van der Waals surface area (Å²) in [5.41, 5.74) is 0. The molecule has 0 amide bonds. The van der Waals surface area contributed by atoms with Gasteiger partial charge in [-0.15, -0.1) is 0 Å². The Balaban J connectivity index is 2.21. The molecule has 66 valence electrons. The Morgan fingerprint density at radius 1 is 1.36 bits per heavy atom. The van der Waals surface area contributed by atoms with Crippen molar-refractivity contribution in [1.82, 2.24) is 4.90 Å². The van der Waals surface area contributed by atoms with Crippen molar-refractivity contribution in [3.63, 3.8) is 0 Å². The highest BCUT2D eigenvalue weighted by atomic mass is 16.5. The Labute approximate surface area is 69.5 Å². The van der Waals surface area contributed by atoms with Crippen molar-refractivity contribution in [2.75, 3.05) is 26.3 Å². The number of rotatable bonds is 3. The zero-order chi connectivity index (χ0) is 8.10. The third-order valence-electron chi connectivity index (χ3n) is 2.38. The minimum atomic E-state index is 0.754. The van der Waals surface area contributed by atoms with Crippen molar-refractivity contribution in [2.24, 2.45) is 0 Å². The topological polar surface area (TPSA) is 12.5 Å². The third kappa shape index (κ3) is 2.80. The Kier molecular flexibility index (Phi) is 3.87. The molecule has 1 aliphatic heterocycles. The second kappa shape index (κ2) is 4.73. The van der Waals surface area contributed by atoms with Gasteiger partial charge in [-0.2, -0.15) is 0 Å². The van der Waals surface area contributed by atoms with Crippen LogP contribution in [0.4, 0.5) is 0 Å². The van der Waals surface area contributed by atoms with Gasteiger partial charge in [-0.25, -0.2) is 0 Å². The molecular formula is C9H19NO. The summed E-state index contributed by atoms with van der Waals surface area (Å²) in [6.45, 7) is 8.66. The zero-order valence-corrected chi connectivity index (χ0v) is 7.68. The van der Waals surface area contributed by atoms with E-state index in [-0.39, 0.29) is 0 Å². The highest BCUT2D eigenvalue weighted by Crippen LogP contribution is 2.08. The van der Waals surface area contributed by atoms with Gasteiger partial charge < -0.3 is 4.74 Å². The molecule has 0 spiro atoms. The normalized spacial score (nSPS) is 23.5. The number of morpholine rings is 1. The van der Waals surface area contributed by atoms with Gasteiger partial charge in [0.25, 0.3) is 0 Å². The molecule has 1 aliphatic rings. The van der Waals surface area contributed by atoms with Crippen LogP contribution in [0.1, 0.15) is 26.7 Å². The Morgan fingerprint density at radius 2 is 2.00 bits per heavy atom. The highest BCUT2D eigenvalue weighted by Gasteiger charge is 2.15. The maximum atomic E-state index is 5.29. The van der Waals surface area contributed by atoms with Gasteiger partial charge in [-0.3, -0.25) is 4.90 Å². The van der Waals surface area contributed by atoms with E-state index in [1.807, 2.05) is 0 Å². The van der Waals surface area contributed by atoms with E-state index >= 15 is 0 Å². The lowest BCUT2D eigenvalue weighted by Crippen LogP contribution is -2.41. The van der Waals surface area contributed by atoms with E-state index < -0.39 is 0 Å². The summed E-state index contributed by atoms with van der Waals surface area (Å²) in [4.78, 5) is 2.52. The van der Waals surface area contributed by atoms with Crippen molar-refractivity contribution in [3.8, 4) is 0 Å². The largest absolute Gasteiger partial charge is 0.379 e. The maximum absolute atomic E-state index is 5.29. The van der Waals surface area contributed by atoms with Gasteiger partial charge in [0.05, 0.1) is 13.2 Å². The Morgan fingerprint density at radius 3 is 2.55 bits per heavy atom. The van der Waals surface area contributed by atoms with Gasteiger partial charge in [0.1, 0.15) is 0 Å². The molecule has 0 aliphatic carbocycles. The van der Waals surface area contributed by atoms with E-state index in [1.165, 1.54) is 12.8 Å². The summed E-state index contributed by atoms with van der Waals surface area (Å²) < 4.78 is 5.29. The van der Waals surface area contributed by atoms with Crippen LogP contribution in [0.5, 0.6) is 0 Å². The molecule has 0 N–H and O–H groups in total. The van der Waals surface area contributed by atoms with Gasteiger partial charge in [-0.05, 0) is 13.3 Å². The van der Waals surface area contributed by atoms with Gasteiger partial charge in [0, 0.05) is 19.1 Å². The molecular weight excluding hydrogens is 138 g/mol. The molecule has 1 saturated heterocycles. The molecule has 0 bridgehead atoms. The van der Waals surface area contributed by atoms with Crippen LogP contribution in [0, 0.1) is 0 Å². The fraction of sp³-hybridized carbons (Fsp3) is 1.00. The summed E-state index contributed by atoms with van der Waals surface area (Å²) in [6.07, 6.45) is 2.61. The molecule has 0 aromatic carbocycles. The van der Waals surface area contributed by atoms with Crippen LogP contribution in [0.3, 0.4) is 0 Å². The SMILES string of the molecule is CCC[C@@H](C)N1CCOCC1. The van der Waals surface area contributed by atoms with E-state index in [1.54, 1.807) is 0 Å². The summed E-state index contributed by atoms with van der Waals surface area (Å²) in [7, 11) is 0. The molecule has 11 heavy (non-hydrogen) atoms. The Bertz CT molecular complexity index is 99.7. The van der Waals surface area contributed by atoms with E-state index in [4.69, 9.17) is 4.74 Å². The predicted octanol–water partition coefficient (Wildman–Crippen LogP) is 1.51. The first-order chi connectivity index (χ1) is 5.34. The fourth-order valence-electron chi connectivity index (χ4n) is 1.62. The summed E-state index contributed by atoms with van der Waals surface area (Å²) in [6, 6.07) is 0.754. The smallest absolute Gasteiger partial charge is 0.0594 e. The minimum Gasteiger partial charge on any atom is -0.379 e. The molecule has 2 heteroatoms. The Hall–Kier alpha value is -0.0800. The first-order valence-corrected chi connectivity index (χ1v) is 4.66. The molecule has 2 nitrogen and oxygen atoms in total. The van der Waals surface area contributed by atoms with E-state index in [0.717, 1.165) is 32.3 Å². The van der Waals surface area contributed by atoms with E-state index in [0.29, 0.717) is 0 Å². The monoisotopic (exact) mass is 157 g/mol. The molecule has 0 aromatic heterocycles. The average molecular weight is 157 g/mol. The molecule has 0 aromatic rings. The first-order valence-electron chi connectivity index (χ1n) is 4.66. The van der Waals surface area contributed by atoms with Gasteiger partial charge in [-0.1, -0.05) is 13.3 Å². The van der Waals surface area contributed by atoms with Crippen molar-refractivity contribution >= 4 is 0 Å². The molecule has 1 rings (SSSR count). The van der Waals surface area contributed by atoms with Gasteiger partial charge in [0.2, 0.25) is 0 Å². The molecule has 1 heterocycles. The molecule has 0 saturated carbocycles. The number of hydrogen-bond donors (Lipinski definition) is 0. The quantitative estimate of drug-likeness (QED) is 0.615. The zero-order valence-electron chi connectivity index (χ0n) is 7.68. The third-order valence-corrected chi connectivity index (χ3v) is 2.38. The number of ether oxygens (including phenoxy) is 1. The van der Waals surface area contributed by atoms with Gasteiger partial charge >= 0.3 is 0 Å². The number of hydrogen-bond acceptors (Lipinski definition) is 2. The van der Waals surface area contributed by atoms with Crippen LogP contribution >= 0.6 is 0 Å². The fourth-order valence-corrected chi connectivity index (χ4v) is 1.62. The van der Waals surface area contributed by atoms with Crippen molar-refractivity contribution < 1.29 is 4.74 Å². The standard InChI is InChI=1S/C9H19NO/c1-3-4-9(2)10-5-7-11-8-6-10/h9H,3-8H2,1-2H3/t9-/m1/s1.